The third-order valence-electron chi connectivity index (χ3n) is 5.44. The van der Waals surface area contributed by atoms with Crippen LogP contribution < -0.4 is 21.2 Å². The van der Waals surface area contributed by atoms with E-state index >= 15 is 0 Å². The first-order chi connectivity index (χ1) is 15.1. The van der Waals surface area contributed by atoms with E-state index in [-0.39, 0.29) is 5.41 Å². The SMILES string of the molecule is CC(C)(CP(c1ccccc1)c1ccccc1)CP(c1ccccc1)c1ccccc1. The Bertz CT molecular complexity index is 879. The first-order valence-corrected chi connectivity index (χ1v) is 13.9. The monoisotopic (exact) mass is 440 g/mol. The van der Waals surface area contributed by atoms with Crippen LogP contribution in [0.1, 0.15) is 13.8 Å². The molecule has 0 radical (unpaired) electrons. The summed E-state index contributed by atoms with van der Waals surface area (Å²) in [5.74, 6) is 0. The summed E-state index contributed by atoms with van der Waals surface area (Å²) in [7, 11) is -0.794. The van der Waals surface area contributed by atoms with Crippen molar-refractivity contribution in [2.75, 3.05) is 12.3 Å². The van der Waals surface area contributed by atoms with Crippen LogP contribution in [0.3, 0.4) is 0 Å². The van der Waals surface area contributed by atoms with E-state index in [2.05, 4.69) is 135 Å². The normalized spacial score (nSPS) is 11.7. The number of hydrogen-bond donors (Lipinski definition) is 0. The largest absolute Gasteiger partial charge is 0.0622 e. The predicted molar refractivity (Wildman–Crippen MR) is 142 cm³/mol. The highest BCUT2D eigenvalue weighted by Crippen LogP contribution is 2.46. The molecule has 0 spiro atoms. The van der Waals surface area contributed by atoms with Crippen LogP contribution in [-0.2, 0) is 0 Å². The lowest BCUT2D eigenvalue weighted by Gasteiger charge is -2.34. The number of benzene rings is 4. The molecule has 0 aliphatic heterocycles. The first-order valence-electron chi connectivity index (χ1n) is 10.9. The van der Waals surface area contributed by atoms with Crippen molar-refractivity contribution >= 4 is 37.1 Å². The Morgan fingerprint density at radius 2 is 0.645 bits per heavy atom. The molecule has 0 amide bonds. The Morgan fingerprint density at radius 3 is 0.871 bits per heavy atom. The maximum atomic E-state index is 2.47. The van der Waals surface area contributed by atoms with Gasteiger partial charge in [-0.2, -0.15) is 0 Å². The highest BCUT2D eigenvalue weighted by molar-refractivity contribution is 7.74. The van der Waals surface area contributed by atoms with E-state index in [4.69, 9.17) is 0 Å². The molecular formula is C29H30P2. The molecule has 0 saturated carbocycles. The summed E-state index contributed by atoms with van der Waals surface area (Å²) in [5, 5.41) is 5.89. The fourth-order valence-corrected chi connectivity index (χ4v) is 9.57. The Labute approximate surface area is 189 Å². The maximum absolute atomic E-state index is 2.47. The summed E-state index contributed by atoms with van der Waals surface area (Å²) in [5.41, 5.74) is 0.217. The van der Waals surface area contributed by atoms with Crippen molar-refractivity contribution in [3.8, 4) is 0 Å². The van der Waals surface area contributed by atoms with Crippen LogP contribution in [0, 0.1) is 5.41 Å². The van der Waals surface area contributed by atoms with Gasteiger partial charge in [0.15, 0.2) is 0 Å². The zero-order valence-corrected chi connectivity index (χ0v) is 20.1. The fraction of sp³-hybridized carbons (Fsp3) is 0.172. The molecule has 0 saturated heterocycles. The van der Waals surface area contributed by atoms with Gasteiger partial charge >= 0.3 is 0 Å². The summed E-state index contributed by atoms with van der Waals surface area (Å²) in [6, 6.07) is 44.4. The van der Waals surface area contributed by atoms with Crippen molar-refractivity contribution in [2.45, 2.75) is 13.8 Å². The van der Waals surface area contributed by atoms with Crippen LogP contribution in [0.15, 0.2) is 121 Å². The Kier molecular flexibility index (Phi) is 7.34. The van der Waals surface area contributed by atoms with Crippen molar-refractivity contribution in [3.63, 3.8) is 0 Å². The summed E-state index contributed by atoms with van der Waals surface area (Å²) < 4.78 is 0. The second-order valence-corrected chi connectivity index (χ2v) is 13.1. The highest BCUT2D eigenvalue weighted by Gasteiger charge is 2.29. The lowest BCUT2D eigenvalue weighted by Crippen LogP contribution is -2.29. The van der Waals surface area contributed by atoms with E-state index in [0.29, 0.717) is 0 Å². The molecule has 0 N–H and O–H groups in total. The Morgan fingerprint density at radius 1 is 0.419 bits per heavy atom. The van der Waals surface area contributed by atoms with E-state index in [9.17, 15) is 0 Å². The molecule has 0 aliphatic rings. The van der Waals surface area contributed by atoms with E-state index in [1.165, 1.54) is 33.5 Å². The molecule has 4 rings (SSSR count). The molecule has 0 bridgehead atoms. The topological polar surface area (TPSA) is 0 Å². The van der Waals surface area contributed by atoms with Gasteiger partial charge in [0.25, 0.3) is 0 Å². The number of hydrogen-bond acceptors (Lipinski definition) is 0. The molecule has 0 fully saturated rings. The Hall–Kier alpha value is -2.26. The van der Waals surface area contributed by atoms with Crippen LogP contribution in [0.5, 0.6) is 0 Å². The molecule has 0 aliphatic carbocycles. The molecule has 0 unspecified atom stereocenters. The molecular weight excluding hydrogens is 410 g/mol. The standard InChI is InChI=1S/C29H30P2/c1-29(2,23-30(25-15-7-3-8-16-25)26-17-9-4-10-18-26)24-31(27-19-11-5-12-20-27)28-21-13-6-14-22-28/h3-22H,23-24H2,1-2H3. The zero-order chi connectivity index (χ0) is 21.5. The van der Waals surface area contributed by atoms with E-state index < -0.39 is 15.8 Å². The smallest absolute Gasteiger partial charge is 0.0190 e. The van der Waals surface area contributed by atoms with Gasteiger partial charge in [0.2, 0.25) is 0 Å². The van der Waals surface area contributed by atoms with Crippen molar-refractivity contribution in [1.82, 2.24) is 0 Å². The predicted octanol–water partition coefficient (Wildman–Crippen LogP) is 6.28. The average Bonchev–Trinajstić information content (AvgIpc) is 2.83. The summed E-state index contributed by atoms with van der Waals surface area (Å²) in [6.07, 6.45) is 2.38. The summed E-state index contributed by atoms with van der Waals surface area (Å²) in [4.78, 5) is 0. The van der Waals surface area contributed by atoms with Gasteiger partial charge in [-0.05, 0) is 54.8 Å². The van der Waals surface area contributed by atoms with Crippen LogP contribution in [0.25, 0.3) is 0 Å². The highest BCUT2D eigenvalue weighted by atomic mass is 31.1. The van der Waals surface area contributed by atoms with Crippen molar-refractivity contribution in [3.05, 3.63) is 121 Å². The van der Waals surface area contributed by atoms with Gasteiger partial charge in [-0.15, -0.1) is 0 Å². The van der Waals surface area contributed by atoms with Gasteiger partial charge in [-0.3, -0.25) is 0 Å². The van der Waals surface area contributed by atoms with Crippen molar-refractivity contribution < 1.29 is 0 Å². The zero-order valence-electron chi connectivity index (χ0n) is 18.4. The lowest BCUT2D eigenvalue weighted by molar-refractivity contribution is 0.488. The van der Waals surface area contributed by atoms with Crippen LogP contribution in [-0.4, -0.2) is 12.3 Å². The van der Waals surface area contributed by atoms with Gasteiger partial charge in [-0.25, -0.2) is 0 Å². The second kappa shape index (κ2) is 10.4. The van der Waals surface area contributed by atoms with Gasteiger partial charge in [0, 0.05) is 0 Å². The van der Waals surface area contributed by atoms with Crippen molar-refractivity contribution in [2.24, 2.45) is 5.41 Å². The second-order valence-electron chi connectivity index (χ2n) is 8.68. The average molecular weight is 441 g/mol. The van der Waals surface area contributed by atoms with E-state index in [0.717, 1.165) is 0 Å². The minimum atomic E-state index is -0.397. The van der Waals surface area contributed by atoms with Gasteiger partial charge < -0.3 is 0 Å². The summed E-state index contributed by atoms with van der Waals surface area (Å²) in [6.45, 7) is 4.94. The molecule has 4 aromatic rings. The minimum absolute atomic E-state index is 0.217. The van der Waals surface area contributed by atoms with Crippen LogP contribution in [0.4, 0.5) is 0 Å². The molecule has 2 heteroatoms. The van der Waals surface area contributed by atoms with Gasteiger partial charge in [0.05, 0.1) is 0 Å². The van der Waals surface area contributed by atoms with E-state index in [1.54, 1.807) is 0 Å². The minimum Gasteiger partial charge on any atom is -0.0622 e. The lowest BCUT2D eigenvalue weighted by atomic mass is 10.00. The summed E-state index contributed by atoms with van der Waals surface area (Å²) >= 11 is 0. The maximum Gasteiger partial charge on any atom is -0.0190 e. The number of rotatable bonds is 8. The third kappa shape index (κ3) is 5.92. The molecule has 156 valence electrons. The molecule has 0 nitrogen and oxygen atoms in total. The first kappa shape index (κ1) is 22.0. The molecule has 0 heterocycles. The van der Waals surface area contributed by atoms with Crippen LogP contribution >= 0.6 is 15.8 Å². The molecule has 0 atom stereocenters. The fourth-order valence-electron chi connectivity index (χ4n) is 4.00. The van der Waals surface area contributed by atoms with E-state index in [1.807, 2.05) is 0 Å². The van der Waals surface area contributed by atoms with Crippen molar-refractivity contribution in [1.29, 1.82) is 0 Å². The van der Waals surface area contributed by atoms with Gasteiger partial charge in [0.1, 0.15) is 0 Å². The molecule has 4 aromatic carbocycles. The molecule has 0 aromatic heterocycles. The Balaban J connectivity index is 1.65. The molecule has 31 heavy (non-hydrogen) atoms. The third-order valence-corrected chi connectivity index (χ3v) is 11.5. The van der Waals surface area contributed by atoms with Crippen LogP contribution in [0.2, 0.25) is 0 Å². The van der Waals surface area contributed by atoms with Gasteiger partial charge in [-0.1, -0.05) is 135 Å². The quantitative estimate of drug-likeness (QED) is 0.283.